The number of pyridine rings is 1. The minimum absolute atomic E-state index is 0.107. The molecule has 0 spiro atoms. The molecule has 2 N–H and O–H groups in total. The summed E-state index contributed by atoms with van der Waals surface area (Å²) < 4.78 is 2.06. The van der Waals surface area contributed by atoms with Crippen LogP contribution in [0.5, 0.6) is 0 Å². The molecule has 0 radical (unpaired) electrons. The van der Waals surface area contributed by atoms with Gasteiger partial charge in [-0.2, -0.15) is 5.10 Å². The van der Waals surface area contributed by atoms with Gasteiger partial charge in [0.15, 0.2) is 0 Å². The molecule has 2 aromatic rings. The predicted molar refractivity (Wildman–Crippen MR) is 76.9 cm³/mol. The van der Waals surface area contributed by atoms with Crippen LogP contribution in [0.1, 0.15) is 30.8 Å². The summed E-state index contributed by atoms with van der Waals surface area (Å²) in [7, 11) is 0. The van der Waals surface area contributed by atoms with E-state index in [9.17, 15) is 0 Å². The Kier molecular flexibility index (Phi) is 4.68. The smallest absolute Gasteiger partial charge is 0.0624 e. The molecule has 2 rings (SSSR count). The zero-order valence-electron chi connectivity index (χ0n) is 11.7. The Morgan fingerprint density at radius 3 is 2.79 bits per heavy atom. The van der Waals surface area contributed by atoms with E-state index in [0.717, 1.165) is 31.5 Å². The fraction of sp³-hybridized carbons (Fsp3) is 0.467. The minimum atomic E-state index is 0.107. The zero-order valence-corrected chi connectivity index (χ0v) is 11.7. The Morgan fingerprint density at radius 2 is 2.16 bits per heavy atom. The van der Waals surface area contributed by atoms with Crippen molar-refractivity contribution in [2.75, 3.05) is 0 Å². The first kappa shape index (κ1) is 13.7. The number of rotatable bonds is 6. The molecule has 0 amide bonds. The lowest BCUT2D eigenvalue weighted by Crippen LogP contribution is -2.26. The summed E-state index contributed by atoms with van der Waals surface area (Å²) >= 11 is 0. The average Bonchev–Trinajstić information content (AvgIpc) is 2.82. The third-order valence-electron chi connectivity index (χ3n) is 3.27. The molecule has 0 bridgehead atoms. The lowest BCUT2D eigenvalue weighted by Gasteiger charge is -2.12. The normalized spacial score (nSPS) is 12.6. The quantitative estimate of drug-likeness (QED) is 0.862. The van der Waals surface area contributed by atoms with Crippen molar-refractivity contribution in [3.63, 3.8) is 0 Å². The highest BCUT2D eigenvalue weighted by Gasteiger charge is 2.11. The van der Waals surface area contributed by atoms with Crippen molar-refractivity contribution >= 4 is 0 Å². The standard InChI is InChI=1S/C15H22N4/c1-3-14-10-15(19(4-2)18-14)9-13(16)8-12-6-5-7-17-11-12/h5-7,10-11,13H,3-4,8-9,16H2,1-2H3. The number of hydrogen-bond acceptors (Lipinski definition) is 3. The van der Waals surface area contributed by atoms with Crippen LogP contribution in [-0.4, -0.2) is 20.8 Å². The van der Waals surface area contributed by atoms with Crippen LogP contribution in [0, 0.1) is 0 Å². The molecule has 2 heterocycles. The van der Waals surface area contributed by atoms with Crippen molar-refractivity contribution in [2.24, 2.45) is 5.73 Å². The van der Waals surface area contributed by atoms with Crippen molar-refractivity contribution in [2.45, 2.75) is 45.7 Å². The molecular weight excluding hydrogens is 236 g/mol. The summed E-state index contributed by atoms with van der Waals surface area (Å²) in [4.78, 5) is 4.12. The average molecular weight is 258 g/mol. The Balaban J connectivity index is 2.02. The van der Waals surface area contributed by atoms with Crippen LogP contribution >= 0.6 is 0 Å². The molecule has 0 saturated carbocycles. The van der Waals surface area contributed by atoms with Crippen LogP contribution in [0.4, 0.5) is 0 Å². The Morgan fingerprint density at radius 1 is 1.32 bits per heavy atom. The van der Waals surface area contributed by atoms with Gasteiger partial charge in [0.1, 0.15) is 0 Å². The van der Waals surface area contributed by atoms with Gasteiger partial charge in [-0.15, -0.1) is 0 Å². The molecule has 1 unspecified atom stereocenters. The van der Waals surface area contributed by atoms with Crippen molar-refractivity contribution in [1.82, 2.24) is 14.8 Å². The maximum Gasteiger partial charge on any atom is 0.0624 e. The fourth-order valence-corrected chi connectivity index (χ4v) is 2.29. The number of hydrogen-bond donors (Lipinski definition) is 1. The van der Waals surface area contributed by atoms with E-state index < -0.39 is 0 Å². The second-order valence-corrected chi connectivity index (χ2v) is 4.83. The summed E-state index contributed by atoms with van der Waals surface area (Å²) in [6.45, 7) is 5.14. The molecule has 0 aliphatic rings. The van der Waals surface area contributed by atoms with Gasteiger partial charge >= 0.3 is 0 Å². The van der Waals surface area contributed by atoms with Gasteiger partial charge in [-0.1, -0.05) is 13.0 Å². The predicted octanol–water partition coefficient (Wildman–Crippen LogP) is 1.97. The minimum Gasteiger partial charge on any atom is -0.327 e. The topological polar surface area (TPSA) is 56.7 Å². The lowest BCUT2D eigenvalue weighted by atomic mass is 10.0. The van der Waals surface area contributed by atoms with E-state index in [0.29, 0.717) is 0 Å². The van der Waals surface area contributed by atoms with Crippen LogP contribution in [0.25, 0.3) is 0 Å². The zero-order chi connectivity index (χ0) is 13.7. The largest absolute Gasteiger partial charge is 0.327 e. The van der Waals surface area contributed by atoms with Crippen molar-refractivity contribution < 1.29 is 0 Å². The second kappa shape index (κ2) is 6.48. The second-order valence-electron chi connectivity index (χ2n) is 4.83. The summed E-state index contributed by atoms with van der Waals surface area (Å²) in [5.74, 6) is 0. The van der Waals surface area contributed by atoms with Gasteiger partial charge in [-0.05, 0) is 37.5 Å². The van der Waals surface area contributed by atoms with E-state index in [1.807, 2.05) is 12.3 Å². The highest BCUT2D eigenvalue weighted by molar-refractivity contribution is 5.14. The third kappa shape index (κ3) is 3.64. The molecule has 0 aliphatic heterocycles. The highest BCUT2D eigenvalue weighted by Crippen LogP contribution is 2.10. The molecule has 1 atom stereocenters. The summed E-state index contributed by atoms with van der Waals surface area (Å²) in [6.07, 6.45) is 6.35. The molecule has 0 saturated heterocycles. The van der Waals surface area contributed by atoms with Crippen molar-refractivity contribution in [3.05, 3.63) is 47.5 Å². The van der Waals surface area contributed by atoms with E-state index in [1.165, 1.54) is 11.3 Å². The summed E-state index contributed by atoms with van der Waals surface area (Å²) in [5, 5.41) is 4.56. The first-order chi connectivity index (χ1) is 9.22. The maximum atomic E-state index is 6.24. The van der Waals surface area contributed by atoms with Crippen molar-refractivity contribution in [3.8, 4) is 0 Å². The van der Waals surface area contributed by atoms with Gasteiger partial charge in [0.25, 0.3) is 0 Å². The first-order valence-corrected chi connectivity index (χ1v) is 6.93. The maximum absolute atomic E-state index is 6.24. The Hall–Kier alpha value is -1.68. The van der Waals surface area contributed by atoms with Crippen LogP contribution in [-0.2, 0) is 25.8 Å². The van der Waals surface area contributed by atoms with Gasteiger partial charge in [-0.3, -0.25) is 9.67 Å². The summed E-state index contributed by atoms with van der Waals surface area (Å²) in [6, 6.07) is 6.30. The summed E-state index contributed by atoms with van der Waals surface area (Å²) in [5.41, 5.74) is 9.81. The van der Waals surface area contributed by atoms with E-state index in [1.54, 1.807) is 6.20 Å². The highest BCUT2D eigenvalue weighted by atomic mass is 15.3. The molecular formula is C15H22N4. The van der Waals surface area contributed by atoms with Gasteiger partial charge in [-0.25, -0.2) is 0 Å². The SMILES string of the molecule is CCc1cc(CC(N)Cc2cccnc2)n(CC)n1. The van der Waals surface area contributed by atoms with Crippen LogP contribution in [0.3, 0.4) is 0 Å². The molecule has 0 aliphatic carbocycles. The molecule has 0 fully saturated rings. The van der Waals surface area contributed by atoms with Crippen LogP contribution in [0.15, 0.2) is 30.6 Å². The van der Waals surface area contributed by atoms with Gasteiger partial charge in [0.2, 0.25) is 0 Å². The van der Waals surface area contributed by atoms with Crippen molar-refractivity contribution in [1.29, 1.82) is 0 Å². The van der Waals surface area contributed by atoms with Gasteiger partial charge in [0.05, 0.1) is 5.69 Å². The molecule has 4 nitrogen and oxygen atoms in total. The number of aryl methyl sites for hydroxylation is 2. The monoisotopic (exact) mass is 258 g/mol. The molecule has 102 valence electrons. The Labute approximate surface area is 114 Å². The fourth-order valence-electron chi connectivity index (χ4n) is 2.29. The first-order valence-electron chi connectivity index (χ1n) is 6.93. The van der Waals surface area contributed by atoms with Gasteiger partial charge < -0.3 is 5.73 Å². The lowest BCUT2D eigenvalue weighted by molar-refractivity contribution is 0.572. The molecule has 4 heteroatoms. The van der Waals surface area contributed by atoms with E-state index in [-0.39, 0.29) is 6.04 Å². The van der Waals surface area contributed by atoms with Crippen LogP contribution < -0.4 is 5.73 Å². The Bertz CT molecular complexity index is 504. The van der Waals surface area contributed by atoms with E-state index in [4.69, 9.17) is 5.73 Å². The molecule has 19 heavy (non-hydrogen) atoms. The number of nitrogens with two attached hydrogens (primary N) is 1. The molecule has 0 aromatic carbocycles. The number of aromatic nitrogens is 3. The molecule has 2 aromatic heterocycles. The third-order valence-corrected chi connectivity index (χ3v) is 3.27. The van der Waals surface area contributed by atoms with Gasteiger partial charge in [0, 0.05) is 37.1 Å². The van der Waals surface area contributed by atoms with E-state index >= 15 is 0 Å². The van der Waals surface area contributed by atoms with Crippen LogP contribution in [0.2, 0.25) is 0 Å². The number of nitrogens with zero attached hydrogens (tertiary/aromatic N) is 3. The van der Waals surface area contributed by atoms with E-state index in [2.05, 4.69) is 40.7 Å².